The van der Waals surface area contributed by atoms with E-state index in [0.717, 1.165) is 31.4 Å². The molecule has 0 aromatic heterocycles. The van der Waals surface area contributed by atoms with E-state index in [1.165, 1.54) is 11.9 Å². The van der Waals surface area contributed by atoms with Crippen molar-refractivity contribution in [1.82, 2.24) is 20.9 Å². The van der Waals surface area contributed by atoms with E-state index in [4.69, 9.17) is 4.74 Å². The molecule has 2 aliphatic heterocycles. The number of aliphatic hydroxyl groups is 1. The monoisotopic (exact) mass is 627 g/mol. The Bertz CT molecular complexity index is 1250. The number of amides is 5. The minimum atomic E-state index is -1.48. The first-order valence-electron chi connectivity index (χ1n) is 16.1. The number of hydrogen-bond donors (Lipinski definition) is 4. The largest absolute Gasteiger partial charge is 0.446 e. The summed E-state index contributed by atoms with van der Waals surface area (Å²) in [5, 5.41) is 18.7. The molecule has 3 aliphatic rings. The third-order valence-electron chi connectivity index (χ3n) is 9.26. The highest BCUT2D eigenvalue weighted by Gasteiger charge is 2.56. The van der Waals surface area contributed by atoms with Gasteiger partial charge in [-0.05, 0) is 56.1 Å². The van der Waals surface area contributed by atoms with Crippen molar-refractivity contribution >= 4 is 35.4 Å². The average molecular weight is 628 g/mol. The highest BCUT2D eigenvalue weighted by molar-refractivity contribution is 5.98. The van der Waals surface area contributed by atoms with Gasteiger partial charge >= 0.3 is 6.09 Å². The topological polar surface area (TPSA) is 157 Å². The van der Waals surface area contributed by atoms with Gasteiger partial charge < -0.3 is 35.6 Å². The number of nitrogens with zero attached hydrogens (tertiary/aromatic N) is 2. The maximum absolute atomic E-state index is 14.4. The number of carbonyl (C=O) groups is 5. The Hall–Kier alpha value is -3.67. The fourth-order valence-electron chi connectivity index (χ4n) is 6.86. The Morgan fingerprint density at radius 3 is 2.33 bits per heavy atom. The molecule has 1 unspecified atom stereocenters. The molecule has 0 bridgehead atoms. The third-order valence-corrected chi connectivity index (χ3v) is 9.26. The van der Waals surface area contributed by atoms with Crippen molar-refractivity contribution in [2.75, 3.05) is 25.0 Å². The molecule has 1 aromatic rings. The van der Waals surface area contributed by atoms with Gasteiger partial charge in [0, 0.05) is 37.7 Å². The molecule has 45 heavy (non-hydrogen) atoms. The summed E-state index contributed by atoms with van der Waals surface area (Å²) in [5.74, 6) is -1.69. The molecule has 5 amide bonds. The Balaban J connectivity index is 1.63. The zero-order valence-electron chi connectivity index (χ0n) is 27.1. The van der Waals surface area contributed by atoms with Crippen molar-refractivity contribution in [3.63, 3.8) is 0 Å². The summed E-state index contributed by atoms with van der Waals surface area (Å²) in [6, 6.07) is 6.40. The summed E-state index contributed by atoms with van der Waals surface area (Å²) in [4.78, 5) is 70.1. The zero-order chi connectivity index (χ0) is 32.9. The fourth-order valence-corrected chi connectivity index (χ4v) is 6.86. The number of nitrogens with one attached hydrogen (secondary N) is 3. The summed E-state index contributed by atoms with van der Waals surface area (Å²) in [6.45, 7) is 7.82. The minimum Gasteiger partial charge on any atom is -0.446 e. The van der Waals surface area contributed by atoms with Gasteiger partial charge in [-0.25, -0.2) is 4.79 Å². The van der Waals surface area contributed by atoms with Crippen LogP contribution in [-0.4, -0.2) is 90.2 Å². The maximum atomic E-state index is 14.4. The van der Waals surface area contributed by atoms with Crippen molar-refractivity contribution in [3.8, 4) is 0 Å². The second-order valence-electron chi connectivity index (χ2n) is 13.9. The van der Waals surface area contributed by atoms with Gasteiger partial charge in [-0.3, -0.25) is 19.2 Å². The second-order valence-corrected chi connectivity index (χ2v) is 13.9. The van der Waals surface area contributed by atoms with Crippen molar-refractivity contribution < 1.29 is 33.8 Å². The molecule has 1 aliphatic carbocycles. The number of likely N-dealkylation sites (N-methyl/N-ethyl adjacent to an activating group) is 1. The number of para-hydroxylation sites is 1. The number of alkyl carbamates (subject to hydrolysis) is 1. The second kappa shape index (κ2) is 14.2. The molecule has 2 heterocycles. The van der Waals surface area contributed by atoms with Gasteiger partial charge in [-0.1, -0.05) is 52.3 Å². The smallest absolute Gasteiger partial charge is 0.408 e. The predicted octanol–water partition coefficient (Wildman–Crippen LogP) is 2.49. The van der Waals surface area contributed by atoms with Crippen LogP contribution in [0.5, 0.6) is 0 Å². The average Bonchev–Trinajstić information content (AvgIpc) is 3.73. The molecule has 3 fully saturated rings. The lowest BCUT2D eigenvalue weighted by Gasteiger charge is -2.36. The first kappa shape index (κ1) is 34.2. The van der Waals surface area contributed by atoms with E-state index in [9.17, 15) is 29.1 Å². The Kier molecular flexibility index (Phi) is 10.8. The molecular weight excluding hydrogens is 578 g/mol. The van der Waals surface area contributed by atoms with Gasteiger partial charge in [0.1, 0.15) is 18.2 Å². The molecule has 4 N–H and O–H groups in total. The normalized spacial score (nSPS) is 24.0. The molecule has 1 spiro atoms. The van der Waals surface area contributed by atoms with Gasteiger partial charge in [0.05, 0.1) is 6.04 Å². The van der Waals surface area contributed by atoms with Crippen molar-refractivity contribution in [3.05, 3.63) is 30.3 Å². The van der Waals surface area contributed by atoms with E-state index in [1.54, 1.807) is 4.90 Å². The molecule has 12 heteroatoms. The van der Waals surface area contributed by atoms with Gasteiger partial charge in [0.15, 0.2) is 6.10 Å². The Labute approximate surface area is 265 Å². The molecule has 2 saturated heterocycles. The van der Waals surface area contributed by atoms with Crippen molar-refractivity contribution in [1.29, 1.82) is 0 Å². The van der Waals surface area contributed by atoms with E-state index in [2.05, 4.69) is 16.0 Å². The lowest BCUT2D eigenvalue weighted by atomic mass is 9.84. The van der Waals surface area contributed by atoms with Crippen LogP contribution >= 0.6 is 0 Å². The van der Waals surface area contributed by atoms with Crippen LogP contribution < -0.4 is 20.9 Å². The Morgan fingerprint density at radius 1 is 1.07 bits per heavy atom. The van der Waals surface area contributed by atoms with E-state index in [1.807, 2.05) is 58.0 Å². The molecular formula is C33H49N5O7. The standard InChI is InChI=1S/C33H49N5O7/c1-6-12-23(26(40)29(42)34-5)35-28(41)24-17-33(18-25(39)37(19-33)21-13-8-7-9-14-21)20-38(24)30(43)27(32(2,3)4)36-31(44)45-22-15-10-11-16-22/h7-9,13-14,22-24,26-27,40H,6,10-12,15-20H2,1-5H3,(H,34,42)(H,35,41)(H,36,44)/t23-,24-,26?,27+,33-/m0/s1. The number of aliphatic hydroxyl groups excluding tert-OH is 1. The molecule has 248 valence electrons. The van der Waals surface area contributed by atoms with Crippen LogP contribution in [0.25, 0.3) is 0 Å². The highest BCUT2D eigenvalue weighted by atomic mass is 16.6. The van der Waals surface area contributed by atoms with E-state index in [-0.39, 0.29) is 31.4 Å². The van der Waals surface area contributed by atoms with Crippen LogP contribution in [0.15, 0.2) is 30.3 Å². The summed E-state index contributed by atoms with van der Waals surface area (Å²) in [5.41, 5.74) is -0.702. The van der Waals surface area contributed by atoms with Gasteiger partial charge in [-0.15, -0.1) is 0 Å². The van der Waals surface area contributed by atoms with E-state index in [0.29, 0.717) is 19.4 Å². The van der Waals surface area contributed by atoms with Crippen LogP contribution in [0.1, 0.15) is 79.1 Å². The summed E-state index contributed by atoms with van der Waals surface area (Å²) in [7, 11) is 1.41. The molecule has 1 aromatic carbocycles. The van der Waals surface area contributed by atoms with Crippen LogP contribution in [-0.2, 0) is 23.9 Å². The van der Waals surface area contributed by atoms with Crippen LogP contribution in [0.4, 0.5) is 10.5 Å². The number of anilines is 1. The zero-order valence-corrected chi connectivity index (χ0v) is 27.1. The number of hydrogen-bond acceptors (Lipinski definition) is 7. The maximum Gasteiger partial charge on any atom is 0.408 e. The fraction of sp³-hybridized carbons (Fsp3) is 0.667. The van der Waals surface area contributed by atoms with Gasteiger partial charge in [-0.2, -0.15) is 0 Å². The lowest BCUT2D eigenvalue weighted by Crippen LogP contribution is -2.59. The number of carbonyl (C=O) groups excluding carboxylic acids is 5. The highest BCUT2D eigenvalue weighted by Crippen LogP contribution is 2.45. The number of benzene rings is 1. The molecule has 0 radical (unpaired) electrons. The molecule has 12 nitrogen and oxygen atoms in total. The molecule has 1 saturated carbocycles. The van der Waals surface area contributed by atoms with Crippen LogP contribution in [0.2, 0.25) is 0 Å². The quantitative estimate of drug-likeness (QED) is 0.310. The number of rotatable bonds is 10. The molecule has 4 rings (SSSR count). The lowest BCUT2D eigenvalue weighted by molar-refractivity contribution is -0.143. The van der Waals surface area contributed by atoms with E-state index < -0.39 is 58.9 Å². The summed E-state index contributed by atoms with van der Waals surface area (Å²) in [6.07, 6.45) is 2.48. The SMILES string of the molecule is CCC[C@H](NC(=O)[C@@H]1C[C@@]2(CC(=O)N(c3ccccc3)C2)CN1C(=O)[C@@H](NC(=O)OC1CCCC1)C(C)(C)C)C(O)C(=O)NC. The van der Waals surface area contributed by atoms with Crippen molar-refractivity contribution in [2.45, 2.75) is 109 Å². The Morgan fingerprint density at radius 2 is 1.73 bits per heavy atom. The minimum absolute atomic E-state index is 0.0980. The predicted molar refractivity (Wildman–Crippen MR) is 168 cm³/mol. The van der Waals surface area contributed by atoms with Crippen molar-refractivity contribution in [2.24, 2.45) is 10.8 Å². The summed E-state index contributed by atoms with van der Waals surface area (Å²) < 4.78 is 5.62. The first-order valence-corrected chi connectivity index (χ1v) is 16.1. The van der Waals surface area contributed by atoms with Crippen LogP contribution in [0, 0.1) is 10.8 Å². The first-order chi connectivity index (χ1) is 21.3. The van der Waals surface area contributed by atoms with E-state index >= 15 is 0 Å². The van der Waals surface area contributed by atoms with Gasteiger partial charge in [0.25, 0.3) is 5.91 Å². The number of ether oxygens (including phenoxy) is 1. The van der Waals surface area contributed by atoms with Gasteiger partial charge in [0.2, 0.25) is 17.7 Å². The third kappa shape index (κ3) is 7.95. The summed E-state index contributed by atoms with van der Waals surface area (Å²) >= 11 is 0. The molecule has 5 atom stereocenters. The van der Waals surface area contributed by atoms with Crippen LogP contribution in [0.3, 0.4) is 0 Å². The number of likely N-dealkylation sites (tertiary alicyclic amines) is 1.